The zero-order chi connectivity index (χ0) is 11.8. The number of nitrogens with zero attached hydrogens (tertiary/aromatic N) is 1. The molecule has 3 aromatic rings. The van der Waals surface area contributed by atoms with Crippen molar-refractivity contribution in [2.45, 2.75) is 0 Å². The van der Waals surface area contributed by atoms with E-state index in [4.69, 9.17) is 21.8 Å². The number of oxazole rings is 1. The maximum atomic E-state index is 5.83. The Balaban J connectivity index is 2.14. The molecule has 84 valence electrons. The van der Waals surface area contributed by atoms with Crippen LogP contribution in [-0.2, 0) is 0 Å². The van der Waals surface area contributed by atoms with Crippen molar-refractivity contribution in [3.8, 4) is 11.5 Å². The van der Waals surface area contributed by atoms with Gasteiger partial charge >= 0.3 is 0 Å². The van der Waals surface area contributed by atoms with E-state index in [1.165, 1.54) is 0 Å². The lowest BCUT2D eigenvalue weighted by molar-refractivity contribution is 0.620. The first-order chi connectivity index (χ1) is 8.22. The van der Waals surface area contributed by atoms with Gasteiger partial charge in [-0.1, -0.05) is 11.6 Å². The molecule has 0 aliphatic rings. The van der Waals surface area contributed by atoms with Gasteiger partial charge in [0.2, 0.25) is 5.89 Å². The van der Waals surface area contributed by atoms with Crippen LogP contribution >= 0.6 is 11.6 Å². The van der Waals surface area contributed by atoms with Crippen molar-refractivity contribution in [2.24, 2.45) is 0 Å². The number of nitrogens with two attached hydrogens (primary N) is 1. The van der Waals surface area contributed by atoms with Gasteiger partial charge in [-0.25, -0.2) is 4.98 Å². The van der Waals surface area contributed by atoms with Crippen LogP contribution in [0.2, 0.25) is 5.02 Å². The Kier molecular flexibility index (Phi) is 2.27. The summed E-state index contributed by atoms with van der Waals surface area (Å²) >= 11 is 5.83. The van der Waals surface area contributed by atoms with Gasteiger partial charge in [-0.3, -0.25) is 0 Å². The molecule has 0 saturated carbocycles. The van der Waals surface area contributed by atoms with Crippen molar-refractivity contribution in [1.82, 2.24) is 4.98 Å². The molecule has 1 heterocycles. The number of halogens is 1. The van der Waals surface area contributed by atoms with E-state index in [0.29, 0.717) is 22.2 Å². The Morgan fingerprint density at radius 3 is 2.59 bits per heavy atom. The van der Waals surface area contributed by atoms with E-state index < -0.39 is 0 Å². The Labute approximate surface area is 103 Å². The molecule has 0 radical (unpaired) electrons. The number of anilines is 1. The normalized spacial score (nSPS) is 10.9. The highest BCUT2D eigenvalue weighted by molar-refractivity contribution is 6.30. The summed E-state index contributed by atoms with van der Waals surface area (Å²) < 4.78 is 5.64. The molecule has 0 aliphatic carbocycles. The van der Waals surface area contributed by atoms with Crippen LogP contribution in [0.5, 0.6) is 0 Å². The predicted octanol–water partition coefficient (Wildman–Crippen LogP) is 3.73. The summed E-state index contributed by atoms with van der Waals surface area (Å²) in [5.74, 6) is 0.572. The third-order valence-corrected chi connectivity index (χ3v) is 2.76. The second-order valence-corrected chi connectivity index (χ2v) is 4.19. The molecule has 2 aromatic carbocycles. The third-order valence-electron chi connectivity index (χ3n) is 2.50. The van der Waals surface area contributed by atoms with Gasteiger partial charge in [0, 0.05) is 22.3 Å². The van der Waals surface area contributed by atoms with Crippen LogP contribution in [0.3, 0.4) is 0 Å². The zero-order valence-corrected chi connectivity index (χ0v) is 9.61. The Morgan fingerprint density at radius 2 is 1.82 bits per heavy atom. The van der Waals surface area contributed by atoms with Crippen molar-refractivity contribution in [1.29, 1.82) is 0 Å². The van der Waals surface area contributed by atoms with Crippen LogP contribution in [0.4, 0.5) is 5.69 Å². The van der Waals surface area contributed by atoms with Crippen molar-refractivity contribution < 1.29 is 4.42 Å². The van der Waals surface area contributed by atoms with Gasteiger partial charge in [-0.2, -0.15) is 0 Å². The summed E-state index contributed by atoms with van der Waals surface area (Å²) in [5, 5.41) is 0.689. The molecule has 0 unspecified atom stereocenters. The Bertz CT molecular complexity index is 673. The maximum Gasteiger partial charge on any atom is 0.227 e. The Hall–Kier alpha value is -2.00. The molecule has 4 heteroatoms. The van der Waals surface area contributed by atoms with Crippen molar-refractivity contribution in [3.05, 3.63) is 47.5 Å². The molecule has 17 heavy (non-hydrogen) atoms. The largest absolute Gasteiger partial charge is 0.436 e. The van der Waals surface area contributed by atoms with Crippen LogP contribution in [-0.4, -0.2) is 4.98 Å². The third kappa shape index (κ3) is 1.85. The fourth-order valence-corrected chi connectivity index (χ4v) is 1.78. The molecule has 0 fully saturated rings. The maximum absolute atomic E-state index is 5.83. The van der Waals surface area contributed by atoms with Crippen LogP contribution in [0.15, 0.2) is 46.9 Å². The lowest BCUT2D eigenvalue weighted by atomic mass is 10.2. The van der Waals surface area contributed by atoms with Gasteiger partial charge in [0.15, 0.2) is 5.58 Å². The van der Waals surface area contributed by atoms with E-state index in [1.54, 1.807) is 24.3 Å². The Morgan fingerprint density at radius 1 is 1.06 bits per heavy atom. The van der Waals surface area contributed by atoms with Crippen molar-refractivity contribution >= 4 is 28.4 Å². The second-order valence-electron chi connectivity index (χ2n) is 3.75. The molecular weight excluding hydrogens is 236 g/mol. The lowest BCUT2D eigenvalue weighted by Crippen LogP contribution is -1.81. The standard InChI is InChI=1S/C13H9ClN2O/c14-9-3-1-8(2-4-9)13-16-11-6-5-10(15)7-12(11)17-13/h1-7H,15H2. The number of rotatable bonds is 1. The highest BCUT2D eigenvalue weighted by Crippen LogP contribution is 2.26. The number of benzene rings is 2. The molecule has 3 nitrogen and oxygen atoms in total. The summed E-state index contributed by atoms with van der Waals surface area (Å²) in [4.78, 5) is 4.39. The number of hydrogen-bond acceptors (Lipinski definition) is 3. The van der Waals surface area contributed by atoms with E-state index >= 15 is 0 Å². The molecule has 0 aliphatic heterocycles. The van der Waals surface area contributed by atoms with Crippen molar-refractivity contribution in [2.75, 3.05) is 5.73 Å². The number of aromatic nitrogens is 1. The van der Waals surface area contributed by atoms with E-state index in [0.717, 1.165) is 11.1 Å². The topological polar surface area (TPSA) is 52.0 Å². The smallest absolute Gasteiger partial charge is 0.227 e. The van der Waals surface area contributed by atoms with Gasteiger partial charge < -0.3 is 10.2 Å². The van der Waals surface area contributed by atoms with Crippen LogP contribution < -0.4 is 5.73 Å². The van der Waals surface area contributed by atoms with E-state index in [2.05, 4.69) is 4.98 Å². The van der Waals surface area contributed by atoms with Crippen LogP contribution in [0, 0.1) is 0 Å². The molecule has 0 atom stereocenters. The van der Waals surface area contributed by atoms with Gasteiger partial charge in [-0.15, -0.1) is 0 Å². The quantitative estimate of drug-likeness (QED) is 0.664. The minimum absolute atomic E-state index is 0.572. The minimum atomic E-state index is 0.572. The monoisotopic (exact) mass is 244 g/mol. The average Bonchev–Trinajstić information content (AvgIpc) is 2.72. The van der Waals surface area contributed by atoms with E-state index in [1.807, 2.05) is 18.2 Å². The van der Waals surface area contributed by atoms with Gasteiger partial charge in [0.1, 0.15) is 5.52 Å². The molecule has 0 bridgehead atoms. The van der Waals surface area contributed by atoms with Crippen molar-refractivity contribution in [3.63, 3.8) is 0 Å². The summed E-state index contributed by atoms with van der Waals surface area (Å²) in [5.41, 5.74) is 8.73. The fourth-order valence-electron chi connectivity index (χ4n) is 1.66. The van der Waals surface area contributed by atoms with Gasteiger partial charge in [0.25, 0.3) is 0 Å². The first-order valence-corrected chi connectivity index (χ1v) is 5.52. The number of nitrogen functional groups attached to an aromatic ring is 1. The minimum Gasteiger partial charge on any atom is -0.436 e. The van der Waals surface area contributed by atoms with Crippen LogP contribution in [0.25, 0.3) is 22.6 Å². The van der Waals surface area contributed by atoms with Gasteiger partial charge in [0.05, 0.1) is 0 Å². The molecule has 3 rings (SSSR count). The zero-order valence-electron chi connectivity index (χ0n) is 8.85. The molecule has 2 N–H and O–H groups in total. The summed E-state index contributed by atoms with van der Waals surface area (Å²) in [6.45, 7) is 0. The lowest BCUT2D eigenvalue weighted by Gasteiger charge is -1.94. The molecule has 0 spiro atoms. The molecule has 1 aromatic heterocycles. The summed E-state index contributed by atoms with van der Waals surface area (Å²) in [6.07, 6.45) is 0. The molecule has 0 saturated heterocycles. The highest BCUT2D eigenvalue weighted by Gasteiger charge is 2.07. The predicted molar refractivity (Wildman–Crippen MR) is 68.9 cm³/mol. The average molecular weight is 245 g/mol. The first-order valence-electron chi connectivity index (χ1n) is 5.14. The van der Waals surface area contributed by atoms with Crippen LogP contribution in [0.1, 0.15) is 0 Å². The second kappa shape index (κ2) is 3.79. The summed E-state index contributed by atoms with van der Waals surface area (Å²) in [7, 11) is 0. The SMILES string of the molecule is Nc1ccc2nc(-c3ccc(Cl)cc3)oc2c1. The number of hydrogen-bond donors (Lipinski definition) is 1. The molecular formula is C13H9ClN2O. The number of fused-ring (bicyclic) bond motifs is 1. The first kappa shape index (κ1) is 10.2. The van der Waals surface area contributed by atoms with E-state index in [-0.39, 0.29) is 0 Å². The highest BCUT2D eigenvalue weighted by atomic mass is 35.5. The van der Waals surface area contributed by atoms with E-state index in [9.17, 15) is 0 Å². The summed E-state index contributed by atoms with van der Waals surface area (Å²) in [6, 6.07) is 12.8. The molecule has 0 amide bonds. The fraction of sp³-hybridized carbons (Fsp3) is 0. The van der Waals surface area contributed by atoms with Gasteiger partial charge in [-0.05, 0) is 36.4 Å².